The molecule has 0 spiro atoms. The number of nitrogens with zero attached hydrogens (tertiary/aromatic N) is 1. The normalized spacial score (nSPS) is 15.0. The van der Waals surface area contributed by atoms with Crippen molar-refractivity contribution in [1.82, 2.24) is 10.2 Å². The van der Waals surface area contributed by atoms with Crippen LogP contribution in [0, 0.1) is 5.92 Å². The molecule has 6 heteroatoms. The molecule has 0 radical (unpaired) electrons. The monoisotopic (exact) mass is 437 g/mol. The summed E-state index contributed by atoms with van der Waals surface area (Å²) in [7, 11) is 0. The van der Waals surface area contributed by atoms with E-state index in [9.17, 15) is 9.59 Å². The van der Waals surface area contributed by atoms with Crippen LogP contribution in [-0.2, 0) is 14.3 Å². The van der Waals surface area contributed by atoms with Crippen molar-refractivity contribution < 1.29 is 14.3 Å². The first-order valence-electron chi connectivity index (χ1n) is 11.6. The van der Waals surface area contributed by atoms with Gasteiger partial charge in [0.25, 0.3) is 0 Å². The first kappa shape index (κ1) is 24.0. The first-order valence-corrected chi connectivity index (χ1v) is 11.6. The minimum absolute atomic E-state index is 0.0227. The van der Waals surface area contributed by atoms with Crippen molar-refractivity contribution in [3.05, 3.63) is 54.6 Å². The number of likely N-dealkylation sites (tertiary alicyclic amines) is 1. The maximum Gasteiger partial charge on any atom is 0.238 e. The molecular formula is C26H35N3O3. The smallest absolute Gasteiger partial charge is 0.238 e. The van der Waals surface area contributed by atoms with Gasteiger partial charge < -0.3 is 15.4 Å². The minimum Gasteiger partial charge on any atom is -0.379 e. The third-order valence-electron chi connectivity index (χ3n) is 5.67. The molecule has 6 nitrogen and oxygen atoms in total. The van der Waals surface area contributed by atoms with Gasteiger partial charge in [0.2, 0.25) is 11.8 Å². The third kappa shape index (κ3) is 7.77. The number of piperidine rings is 1. The van der Waals surface area contributed by atoms with Crippen molar-refractivity contribution in [2.24, 2.45) is 5.92 Å². The van der Waals surface area contributed by atoms with Crippen LogP contribution in [0.2, 0.25) is 0 Å². The highest BCUT2D eigenvalue weighted by molar-refractivity contribution is 5.92. The van der Waals surface area contributed by atoms with Crippen LogP contribution in [0.5, 0.6) is 0 Å². The van der Waals surface area contributed by atoms with Gasteiger partial charge >= 0.3 is 0 Å². The van der Waals surface area contributed by atoms with Crippen molar-refractivity contribution in [3.8, 4) is 11.1 Å². The van der Waals surface area contributed by atoms with Crippen LogP contribution in [0.15, 0.2) is 54.6 Å². The molecule has 1 saturated heterocycles. The lowest BCUT2D eigenvalue weighted by Crippen LogP contribution is -2.43. The molecule has 0 aromatic heterocycles. The molecule has 0 saturated carbocycles. The summed E-state index contributed by atoms with van der Waals surface area (Å²) < 4.78 is 5.49. The van der Waals surface area contributed by atoms with Gasteiger partial charge in [0.15, 0.2) is 0 Å². The highest BCUT2D eigenvalue weighted by atomic mass is 16.5. The Bertz CT molecular complexity index is 844. The van der Waals surface area contributed by atoms with E-state index >= 15 is 0 Å². The zero-order valence-corrected chi connectivity index (χ0v) is 19.2. The summed E-state index contributed by atoms with van der Waals surface area (Å²) in [6, 6.07) is 18.1. The van der Waals surface area contributed by atoms with Gasteiger partial charge in [0.05, 0.1) is 12.6 Å². The molecule has 1 aliphatic heterocycles. The SMILES string of the molecule is CC(C)OCCCNC(=O)C1CCN(CC(=O)Nc2ccc(-c3ccccc3)cc2)CC1. The number of amides is 2. The molecule has 172 valence electrons. The second-order valence-corrected chi connectivity index (χ2v) is 8.61. The van der Waals surface area contributed by atoms with Crippen LogP contribution in [0.3, 0.4) is 0 Å². The molecule has 2 N–H and O–H groups in total. The van der Waals surface area contributed by atoms with Crippen molar-refractivity contribution in [3.63, 3.8) is 0 Å². The number of rotatable bonds is 10. The van der Waals surface area contributed by atoms with Crippen molar-refractivity contribution in [2.75, 3.05) is 38.1 Å². The molecule has 3 rings (SSSR count). The van der Waals surface area contributed by atoms with E-state index < -0.39 is 0 Å². The molecule has 0 atom stereocenters. The maximum absolute atomic E-state index is 12.5. The second kappa shape index (κ2) is 12.4. The van der Waals surface area contributed by atoms with Gasteiger partial charge in [-0.15, -0.1) is 0 Å². The van der Waals surface area contributed by atoms with E-state index in [0.29, 0.717) is 19.7 Å². The lowest BCUT2D eigenvalue weighted by Gasteiger charge is -2.30. The summed E-state index contributed by atoms with van der Waals surface area (Å²) >= 11 is 0. The average molecular weight is 438 g/mol. The van der Waals surface area contributed by atoms with Gasteiger partial charge in [-0.3, -0.25) is 14.5 Å². The van der Waals surface area contributed by atoms with E-state index in [-0.39, 0.29) is 23.8 Å². The quantitative estimate of drug-likeness (QED) is 0.553. The molecule has 1 aliphatic rings. The Morgan fingerprint density at radius 3 is 2.31 bits per heavy atom. The zero-order valence-electron chi connectivity index (χ0n) is 19.2. The lowest BCUT2D eigenvalue weighted by atomic mass is 9.96. The van der Waals surface area contributed by atoms with E-state index in [1.807, 2.05) is 56.3 Å². The highest BCUT2D eigenvalue weighted by Crippen LogP contribution is 2.21. The molecule has 32 heavy (non-hydrogen) atoms. The van der Waals surface area contributed by atoms with Crippen LogP contribution >= 0.6 is 0 Å². The van der Waals surface area contributed by atoms with Crippen LogP contribution in [-0.4, -0.2) is 55.6 Å². The van der Waals surface area contributed by atoms with Crippen LogP contribution in [0.1, 0.15) is 33.1 Å². The van der Waals surface area contributed by atoms with Crippen LogP contribution < -0.4 is 10.6 Å². The summed E-state index contributed by atoms with van der Waals surface area (Å²) in [6.07, 6.45) is 2.62. The molecule has 0 aliphatic carbocycles. The van der Waals surface area contributed by atoms with Crippen molar-refractivity contribution in [2.45, 2.75) is 39.2 Å². The van der Waals surface area contributed by atoms with Gasteiger partial charge in [-0.1, -0.05) is 42.5 Å². The highest BCUT2D eigenvalue weighted by Gasteiger charge is 2.25. The van der Waals surface area contributed by atoms with E-state index in [1.54, 1.807) is 0 Å². The number of benzene rings is 2. The topological polar surface area (TPSA) is 70.7 Å². The first-order chi connectivity index (χ1) is 15.5. The van der Waals surface area contributed by atoms with E-state index in [1.165, 1.54) is 0 Å². The lowest BCUT2D eigenvalue weighted by molar-refractivity contribution is -0.126. The molecule has 2 aromatic rings. The summed E-state index contributed by atoms with van der Waals surface area (Å²) in [5, 5.41) is 5.99. The molecular weight excluding hydrogens is 402 g/mol. The van der Waals surface area contributed by atoms with Crippen LogP contribution in [0.25, 0.3) is 11.1 Å². The van der Waals surface area contributed by atoms with Gasteiger partial charge in [0, 0.05) is 24.8 Å². The Morgan fingerprint density at radius 2 is 1.66 bits per heavy atom. The largest absolute Gasteiger partial charge is 0.379 e. The Kier molecular flexibility index (Phi) is 9.26. The molecule has 0 bridgehead atoms. The Hall–Kier alpha value is -2.70. The predicted octanol–water partition coefficient (Wildman–Crippen LogP) is 3.94. The van der Waals surface area contributed by atoms with E-state index in [4.69, 9.17) is 4.74 Å². The Balaban J connectivity index is 1.35. The average Bonchev–Trinajstić information content (AvgIpc) is 2.80. The number of carbonyl (C=O) groups is 2. The van der Waals surface area contributed by atoms with Gasteiger partial charge in [-0.05, 0) is 69.5 Å². The van der Waals surface area contributed by atoms with Crippen LogP contribution in [0.4, 0.5) is 5.69 Å². The number of hydrogen-bond donors (Lipinski definition) is 2. The maximum atomic E-state index is 12.5. The number of anilines is 1. The molecule has 0 unspecified atom stereocenters. The fourth-order valence-corrected chi connectivity index (χ4v) is 3.88. The molecule has 1 heterocycles. The fraction of sp³-hybridized carbons (Fsp3) is 0.462. The van der Waals surface area contributed by atoms with Gasteiger partial charge in [-0.25, -0.2) is 0 Å². The third-order valence-corrected chi connectivity index (χ3v) is 5.67. The van der Waals surface area contributed by atoms with E-state index in [2.05, 4.69) is 27.7 Å². The minimum atomic E-state index is -0.0227. The summed E-state index contributed by atoms with van der Waals surface area (Å²) in [5.41, 5.74) is 3.07. The van der Waals surface area contributed by atoms with Crippen molar-refractivity contribution in [1.29, 1.82) is 0 Å². The van der Waals surface area contributed by atoms with E-state index in [0.717, 1.165) is 49.2 Å². The number of hydrogen-bond acceptors (Lipinski definition) is 4. The van der Waals surface area contributed by atoms with Gasteiger partial charge in [-0.2, -0.15) is 0 Å². The number of ether oxygens (including phenoxy) is 1. The van der Waals surface area contributed by atoms with Crippen molar-refractivity contribution >= 4 is 17.5 Å². The van der Waals surface area contributed by atoms with Gasteiger partial charge in [0.1, 0.15) is 0 Å². The predicted molar refractivity (Wildman–Crippen MR) is 128 cm³/mol. The molecule has 2 amide bonds. The second-order valence-electron chi connectivity index (χ2n) is 8.61. The zero-order chi connectivity index (χ0) is 22.8. The molecule has 1 fully saturated rings. The Labute approximate surface area is 191 Å². The summed E-state index contributed by atoms with van der Waals surface area (Å²) in [5.74, 6) is 0.133. The number of nitrogens with one attached hydrogen (secondary N) is 2. The summed E-state index contributed by atoms with van der Waals surface area (Å²) in [6.45, 7) is 7.20. The summed E-state index contributed by atoms with van der Waals surface area (Å²) in [4.78, 5) is 26.9. The Morgan fingerprint density at radius 1 is 1.00 bits per heavy atom. The molecule has 2 aromatic carbocycles. The fourth-order valence-electron chi connectivity index (χ4n) is 3.88. The standard InChI is InChI=1S/C26H35N3O3/c1-20(2)32-18-6-15-27-26(31)23-13-16-29(17-14-23)19-25(30)28-24-11-9-22(10-12-24)21-7-4-3-5-8-21/h3-5,7-12,20,23H,6,13-19H2,1-2H3,(H,27,31)(H,28,30). The number of carbonyl (C=O) groups excluding carboxylic acids is 2.